The van der Waals surface area contributed by atoms with Gasteiger partial charge in [0, 0.05) is 22.2 Å². The maximum atomic E-state index is 13.0. The first kappa shape index (κ1) is 17.2. The van der Waals surface area contributed by atoms with E-state index in [4.69, 9.17) is 16.3 Å². The van der Waals surface area contributed by atoms with Gasteiger partial charge in [0.2, 0.25) is 6.10 Å². The normalized spacial score (nSPS) is 19.9. The summed E-state index contributed by atoms with van der Waals surface area (Å²) < 4.78 is 6.15. The summed E-state index contributed by atoms with van der Waals surface area (Å²) in [5.74, 6) is 0.646. The van der Waals surface area contributed by atoms with Crippen LogP contribution in [0.4, 0.5) is 0 Å². The van der Waals surface area contributed by atoms with E-state index in [1.54, 1.807) is 0 Å². The molecule has 0 radical (unpaired) electrons. The summed E-state index contributed by atoms with van der Waals surface area (Å²) in [5, 5.41) is 3.88. The molecule has 0 aromatic heterocycles. The van der Waals surface area contributed by atoms with Gasteiger partial charge in [-0.05, 0) is 48.7 Å². The molecule has 4 rings (SSSR count). The molecule has 1 heterocycles. The van der Waals surface area contributed by atoms with Crippen LogP contribution in [-0.2, 0) is 9.53 Å². The summed E-state index contributed by atoms with van der Waals surface area (Å²) in [7, 11) is 0. The van der Waals surface area contributed by atoms with E-state index in [1.807, 2.05) is 54.6 Å². The first-order valence-electron chi connectivity index (χ1n) is 9.24. The number of ether oxygens (including phenoxy) is 1. The number of benzene rings is 2. The molecule has 1 N–H and O–H groups in total. The highest BCUT2D eigenvalue weighted by Gasteiger charge is 2.31. The van der Waals surface area contributed by atoms with Crippen molar-refractivity contribution in [3.05, 3.63) is 70.2 Å². The standard InChI is InChI=1S/C22H22ClNO2/c23-17-12-10-15(11-13-17)20-14-16-6-4-5-9-19(16)21(26-20)22(25)24-18-7-2-1-3-8-18/h4-6,9-14,18,21H,1-3,7-8H2,(H,24,25). The molecule has 26 heavy (non-hydrogen) atoms. The minimum atomic E-state index is -0.621. The van der Waals surface area contributed by atoms with Gasteiger partial charge in [-0.3, -0.25) is 4.79 Å². The van der Waals surface area contributed by atoms with Crippen molar-refractivity contribution >= 4 is 29.3 Å². The molecular formula is C22H22ClNO2. The molecule has 134 valence electrons. The molecule has 1 saturated carbocycles. The highest BCUT2D eigenvalue weighted by molar-refractivity contribution is 6.30. The van der Waals surface area contributed by atoms with Crippen LogP contribution in [0.2, 0.25) is 5.02 Å². The van der Waals surface area contributed by atoms with Gasteiger partial charge in [0.05, 0.1) is 0 Å². The quantitative estimate of drug-likeness (QED) is 0.793. The van der Waals surface area contributed by atoms with Crippen molar-refractivity contribution in [1.82, 2.24) is 5.32 Å². The van der Waals surface area contributed by atoms with Crippen molar-refractivity contribution in [2.75, 3.05) is 0 Å². The highest BCUT2D eigenvalue weighted by Crippen LogP contribution is 2.36. The zero-order chi connectivity index (χ0) is 17.9. The van der Waals surface area contributed by atoms with Crippen molar-refractivity contribution in [2.24, 2.45) is 0 Å². The van der Waals surface area contributed by atoms with Crippen LogP contribution in [0.3, 0.4) is 0 Å². The lowest BCUT2D eigenvalue weighted by atomic mass is 9.94. The van der Waals surface area contributed by atoms with Gasteiger partial charge in [-0.1, -0.05) is 55.1 Å². The average Bonchev–Trinajstić information content (AvgIpc) is 2.68. The summed E-state index contributed by atoms with van der Waals surface area (Å²) in [6.07, 6.45) is 7.11. The van der Waals surface area contributed by atoms with Crippen LogP contribution in [0.1, 0.15) is 54.9 Å². The summed E-state index contributed by atoms with van der Waals surface area (Å²) in [6.45, 7) is 0. The number of halogens is 1. The molecule has 1 aliphatic heterocycles. The molecule has 0 bridgehead atoms. The molecule has 3 nitrogen and oxygen atoms in total. The lowest BCUT2D eigenvalue weighted by Crippen LogP contribution is -2.40. The van der Waals surface area contributed by atoms with Gasteiger partial charge in [0.15, 0.2) is 0 Å². The first-order chi connectivity index (χ1) is 12.7. The van der Waals surface area contributed by atoms with Crippen molar-refractivity contribution in [2.45, 2.75) is 44.2 Å². The van der Waals surface area contributed by atoms with E-state index < -0.39 is 6.10 Å². The molecule has 0 spiro atoms. The lowest BCUT2D eigenvalue weighted by Gasteiger charge is -2.29. The molecular weight excluding hydrogens is 346 g/mol. The van der Waals surface area contributed by atoms with E-state index in [9.17, 15) is 4.79 Å². The Morgan fingerprint density at radius 3 is 2.50 bits per heavy atom. The third kappa shape index (κ3) is 3.63. The van der Waals surface area contributed by atoms with Crippen LogP contribution < -0.4 is 5.32 Å². The Kier molecular flexibility index (Phi) is 4.98. The number of hydrogen-bond acceptors (Lipinski definition) is 2. The molecule has 1 amide bonds. The molecule has 2 aliphatic rings. The molecule has 1 atom stereocenters. The van der Waals surface area contributed by atoms with Crippen LogP contribution >= 0.6 is 11.6 Å². The van der Waals surface area contributed by atoms with Crippen molar-refractivity contribution in [3.8, 4) is 0 Å². The van der Waals surface area contributed by atoms with Gasteiger partial charge in [-0.25, -0.2) is 0 Å². The maximum absolute atomic E-state index is 13.0. The Balaban J connectivity index is 1.61. The van der Waals surface area contributed by atoms with Crippen molar-refractivity contribution in [1.29, 1.82) is 0 Å². The van der Waals surface area contributed by atoms with Crippen molar-refractivity contribution in [3.63, 3.8) is 0 Å². The van der Waals surface area contributed by atoms with Gasteiger partial charge >= 0.3 is 0 Å². The fraction of sp³-hybridized carbons (Fsp3) is 0.318. The summed E-state index contributed by atoms with van der Waals surface area (Å²) in [5.41, 5.74) is 2.85. The molecule has 0 saturated heterocycles. The third-order valence-electron chi connectivity index (χ3n) is 5.13. The van der Waals surface area contributed by atoms with E-state index in [0.717, 1.165) is 29.5 Å². The monoisotopic (exact) mass is 367 g/mol. The van der Waals surface area contributed by atoms with Gasteiger partial charge in [-0.15, -0.1) is 0 Å². The number of fused-ring (bicyclic) bond motifs is 1. The topological polar surface area (TPSA) is 38.3 Å². The van der Waals surface area contributed by atoms with E-state index in [0.29, 0.717) is 10.8 Å². The predicted octanol–water partition coefficient (Wildman–Crippen LogP) is 5.36. The smallest absolute Gasteiger partial charge is 0.266 e. The van der Waals surface area contributed by atoms with Crippen molar-refractivity contribution < 1.29 is 9.53 Å². The van der Waals surface area contributed by atoms with E-state index in [2.05, 4.69) is 5.32 Å². The molecule has 1 unspecified atom stereocenters. The summed E-state index contributed by atoms with van der Waals surface area (Å²) in [6, 6.07) is 15.7. The molecule has 2 aromatic rings. The fourth-order valence-corrected chi connectivity index (χ4v) is 3.86. The van der Waals surface area contributed by atoms with Crippen LogP contribution in [0.25, 0.3) is 11.8 Å². The number of hydrogen-bond donors (Lipinski definition) is 1. The molecule has 1 fully saturated rings. The lowest BCUT2D eigenvalue weighted by molar-refractivity contribution is -0.130. The Morgan fingerprint density at radius 1 is 1.00 bits per heavy atom. The minimum absolute atomic E-state index is 0.0519. The molecule has 1 aliphatic carbocycles. The number of carbonyl (C=O) groups is 1. The predicted molar refractivity (Wildman–Crippen MR) is 105 cm³/mol. The fourth-order valence-electron chi connectivity index (χ4n) is 3.73. The number of amides is 1. The Morgan fingerprint density at radius 2 is 1.73 bits per heavy atom. The largest absolute Gasteiger partial charge is 0.475 e. The SMILES string of the molecule is O=C(NC1CCCCC1)C1OC(c2ccc(Cl)cc2)=Cc2ccccc21. The second kappa shape index (κ2) is 7.55. The second-order valence-electron chi connectivity index (χ2n) is 6.99. The Labute approximate surface area is 159 Å². The second-order valence-corrected chi connectivity index (χ2v) is 7.42. The van der Waals surface area contributed by atoms with E-state index >= 15 is 0 Å². The van der Waals surface area contributed by atoms with Gasteiger partial charge in [0.1, 0.15) is 5.76 Å². The average molecular weight is 368 g/mol. The van der Waals surface area contributed by atoms with Gasteiger partial charge in [0.25, 0.3) is 5.91 Å². The van der Waals surface area contributed by atoms with Crippen LogP contribution in [-0.4, -0.2) is 11.9 Å². The zero-order valence-electron chi connectivity index (χ0n) is 14.6. The molecule has 4 heteroatoms. The van der Waals surface area contributed by atoms with E-state index in [-0.39, 0.29) is 11.9 Å². The summed E-state index contributed by atoms with van der Waals surface area (Å²) >= 11 is 5.99. The maximum Gasteiger partial charge on any atom is 0.266 e. The number of rotatable bonds is 3. The van der Waals surface area contributed by atoms with Crippen LogP contribution in [0.5, 0.6) is 0 Å². The van der Waals surface area contributed by atoms with Crippen LogP contribution in [0, 0.1) is 0 Å². The highest BCUT2D eigenvalue weighted by atomic mass is 35.5. The number of carbonyl (C=O) groups excluding carboxylic acids is 1. The summed E-state index contributed by atoms with van der Waals surface area (Å²) in [4.78, 5) is 13.0. The van der Waals surface area contributed by atoms with Gasteiger partial charge < -0.3 is 10.1 Å². The first-order valence-corrected chi connectivity index (χ1v) is 9.62. The van der Waals surface area contributed by atoms with E-state index in [1.165, 1.54) is 19.3 Å². The third-order valence-corrected chi connectivity index (χ3v) is 5.38. The number of nitrogens with one attached hydrogen (secondary N) is 1. The van der Waals surface area contributed by atoms with Crippen LogP contribution in [0.15, 0.2) is 48.5 Å². The minimum Gasteiger partial charge on any atom is -0.475 e. The van der Waals surface area contributed by atoms with Gasteiger partial charge in [-0.2, -0.15) is 0 Å². The zero-order valence-corrected chi connectivity index (χ0v) is 15.3. The molecule has 2 aromatic carbocycles. The Bertz CT molecular complexity index is 822. The Hall–Kier alpha value is -2.26.